The fourth-order valence-corrected chi connectivity index (χ4v) is 3.68. The van der Waals surface area contributed by atoms with Gasteiger partial charge in [-0.05, 0) is 25.3 Å². The fraction of sp³-hybridized carbons (Fsp3) is 0.529. The first-order chi connectivity index (χ1) is 10.4. The second-order valence-electron chi connectivity index (χ2n) is 6.19. The van der Waals surface area contributed by atoms with Gasteiger partial charge in [0.1, 0.15) is 11.4 Å². The van der Waals surface area contributed by atoms with E-state index in [-0.39, 0.29) is 17.2 Å². The highest BCUT2D eigenvalue weighted by Gasteiger charge is 2.38. The van der Waals surface area contributed by atoms with E-state index < -0.39 is 6.04 Å². The predicted molar refractivity (Wildman–Crippen MR) is 90.5 cm³/mol. The van der Waals surface area contributed by atoms with Crippen LogP contribution < -0.4 is 5.32 Å². The van der Waals surface area contributed by atoms with Crippen LogP contribution in [0.2, 0.25) is 0 Å². The second-order valence-corrected chi connectivity index (χ2v) is 7.26. The minimum Gasteiger partial charge on any atom is -0.354 e. The van der Waals surface area contributed by atoms with Gasteiger partial charge in [0.15, 0.2) is 0 Å². The Morgan fingerprint density at radius 2 is 1.95 bits per heavy atom. The third kappa shape index (κ3) is 3.83. The molecule has 0 radical (unpaired) electrons. The Balaban J connectivity index is 2.13. The lowest BCUT2D eigenvalue weighted by Crippen LogP contribution is -2.47. The van der Waals surface area contributed by atoms with Crippen LogP contribution in [0, 0.1) is 12.8 Å². The topological polar surface area (TPSA) is 49.4 Å². The lowest BCUT2D eigenvalue weighted by atomic mass is 10.1. The van der Waals surface area contributed by atoms with Gasteiger partial charge in [-0.15, -0.1) is 11.8 Å². The molecule has 120 valence electrons. The van der Waals surface area contributed by atoms with Gasteiger partial charge in [0.2, 0.25) is 11.8 Å². The number of rotatable bonds is 5. The summed E-state index contributed by atoms with van der Waals surface area (Å²) in [6.07, 6.45) is 0. The second kappa shape index (κ2) is 7.18. The number of nitrogens with zero attached hydrogens (tertiary/aromatic N) is 1. The van der Waals surface area contributed by atoms with E-state index in [0.29, 0.717) is 18.2 Å². The van der Waals surface area contributed by atoms with Crippen molar-refractivity contribution in [2.24, 2.45) is 5.92 Å². The van der Waals surface area contributed by atoms with Crippen LogP contribution in [-0.2, 0) is 9.59 Å². The van der Waals surface area contributed by atoms with Crippen LogP contribution in [0.1, 0.15) is 37.3 Å². The molecular formula is C17H24N2O2S. The predicted octanol–water partition coefficient (Wildman–Crippen LogP) is 2.73. The van der Waals surface area contributed by atoms with Gasteiger partial charge in [-0.25, -0.2) is 0 Å². The minimum atomic E-state index is -0.451. The molecule has 2 amide bonds. The highest BCUT2D eigenvalue weighted by molar-refractivity contribution is 8.00. The van der Waals surface area contributed by atoms with Crippen molar-refractivity contribution in [1.29, 1.82) is 0 Å². The molecule has 1 aliphatic rings. The highest BCUT2D eigenvalue weighted by Crippen LogP contribution is 2.39. The summed E-state index contributed by atoms with van der Waals surface area (Å²) in [6, 6.07) is 7.71. The molecule has 5 heteroatoms. The number of hydrogen-bond acceptors (Lipinski definition) is 3. The summed E-state index contributed by atoms with van der Waals surface area (Å²) in [4.78, 5) is 26.2. The lowest BCUT2D eigenvalue weighted by molar-refractivity contribution is -0.137. The third-order valence-corrected chi connectivity index (χ3v) is 4.98. The smallest absolute Gasteiger partial charge is 0.242 e. The van der Waals surface area contributed by atoms with Crippen molar-refractivity contribution in [2.75, 3.05) is 12.3 Å². The van der Waals surface area contributed by atoms with Gasteiger partial charge in [-0.2, -0.15) is 0 Å². The summed E-state index contributed by atoms with van der Waals surface area (Å²) >= 11 is 1.58. The average molecular weight is 320 g/mol. The van der Waals surface area contributed by atoms with E-state index in [1.165, 1.54) is 5.56 Å². The van der Waals surface area contributed by atoms with E-state index in [2.05, 4.69) is 19.2 Å². The molecule has 4 nitrogen and oxygen atoms in total. The first-order valence-corrected chi connectivity index (χ1v) is 8.72. The van der Waals surface area contributed by atoms with Crippen LogP contribution in [0.3, 0.4) is 0 Å². The molecule has 1 aromatic rings. The Kier molecular flexibility index (Phi) is 5.51. The Morgan fingerprint density at radius 3 is 2.55 bits per heavy atom. The molecule has 1 N–H and O–H groups in total. The summed E-state index contributed by atoms with van der Waals surface area (Å²) in [6.45, 7) is 8.58. The molecule has 1 heterocycles. The molecule has 1 aromatic carbocycles. The van der Waals surface area contributed by atoms with Crippen molar-refractivity contribution in [1.82, 2.24) is 10.2 Å². The number of carbonyl (C=O) groups is 2. The molecular weight excluding hydrogens is 296 g/mol. The summed E-state index contributed by atoms with van der Waals surface area (Å²) in [5.41, 5.74) is 2.26. The number of thioether (sulfide) groups is 1. The molecule has 22 heavy (non-hydrogen) atoms. The summed E-state index contributed by atoms with van der Waals surface area (Å²) < 4.78 is 0. The average Bonchev–Trinajstić information content (AvgIpc) is 2.86. The maximum atomic E-state index is 12.3. The van der Waals surface area contributed by atoms with E-state index in [0.717, 1.165) is 5.56 Å². The zero-order valence-corrected chi connectivity index (χ0v) is 14.4. The molecule has 2 atom stereocenters. The van der Waals surface area contributed by atoms with Gasteiger partial charge in [0.25, 0.3) is 0 Å². The Morgan fingerprint density at radius 1 is 1.32 bits per heavy atom. The molecule has 0 bridgehead atoms. The van der Waals surface area contributed by atoms with Gasteiger partial charge >= 0.3 is 0 Å². The van der Waals surface area contributed by atoms with Gasteiger partial charge in [0.05, 0.1) is 5.75 Å². The molecule has 2 rings (SSSR count). The van der Waals surface area contributed by atoms with Gasteiger partial charge in [-0.3, -0.25) is 9.59 Å². The Labute approximate surface area is 136 Å². The van der Waals surface area contributed by atoms with E-state index in [4.69, 9.17) is 0 Å². The van der Waals surface area contributed by atoms with Crippen LogP contribution >= 0.6 is 11.8 Å². The van der Waals surface area contributed by atoms with Crippen LogP contribution in [0.5, 0.6) is 0 Å². The van der Waals surface area contributed by atoms with Gasteiger partial charge in [-0.1, -0.05) is 43.7 Å². The standard InChI is InChI=1S/C17H24N2O2S/c1-11(2)9-18-16(21)13(4)19-15(20)10-22-17(19)14-7-5-12(3)6-8-14/h5-8,11,13,17H,9-10H2,1-4H3,(H,18,21)/t13-,17+/m1/s1. The number of benzene rings is 1. The number of aryl methyl sites for hydroxylation is 1. The molecule has 1 fully saturated rings. The SMILES string of the molecule is Cc1ccc([C@@H]2SCC(=O)N2[C@H](C)C(=O)NCC(C)C)cc1. The van der Waals surface area contributed by atoms with Crippen LogP contribution in [0.25, 0.3) is 0 Å². The summed E-state index contributed by atoms with van der Waals surface area (Å²) in [5.74, 6) is 0.775. The molecule has 0 unspecified atom stereocenters. The highest BCUT2D eigenvalue weighted by atomic mass is 32.2. The first-order valence-electron chi connectivity index (χ1n) is 7.67. The molecule has 0 aromatic heterocycles. The van der Waals surface area contributed by atoms with E-state index in [9.17, 15) is 9.59 Å². The van der Waals surface area contributed by atoms with Crippen LogP contribution in [-0.4, -0.2) is 35.1 Å². The van der Waals surface area contributed by atoms with Crippen molar-refractivity contribution in [3.63, 3.8) is 0 Å². The number of hydrogen-bond donors (Lipinski definition) is 1. The zero-order chi connectivity index (χ0) is 16.3. The molecule has 0 aliphatic carbocycles. The molecule has 1 aliphatic heterocycles. The number of nitrogens with one attached hydrogen (secondary N) is 1. The summed E-state index contributed by atoms with van der Waals surface area (Å²) in [7, 11) is 0. The van der Waals surface area contributed by atoms with Crippen molar-refractivity contribution in [3.8, 4) is 0 Å². The molecule has 0 spiro atoms. The van der Waals surface area contributed by atoms with E-state index in [1.807, 2.05) is 31.2 Å². The summed E-state index contributed by atoms with van der Waals surface area (Å²) in [5, 5.41) is 2.84. The Hall–Kier alpha value is -1.49. The van der Waals surface area contributed by atoms with Gasteiger partial charge in [0, 0.05) is 6.54 Å². The quantitative estimate of drug-likeness (QED) is 0.907. The number of amides is 2. The normalized spacial score (nSPS) is 19.6. The minimum absolute atomic E-state index is 0.0303. The van der Waals surface area contributed by atoms with Gasteiger partial charge < -0.3 is 10.2 Å². The van der Waals surface area contributed by atoms with E-state index in [1.54, 1.807) is 23.6 Å². The van der Waals surface area contributed by atoms with E-state index >= 15 is 0 Å². The van der Waals surface area contributed by atoms with Crippen molar-refractivity contribution in [2.45, 2.75) is 39.1 Å². The molecule has 1 saturated heterocycles. The molecule has 0 saturated carbocycles. The monoisotopic (exact) mass is 320 g/mol. The maximum Gasteiger partial charge on any atom is 0.242 e. The van der Waals surface area contributed by atoms with Crippen LogP contribution in [0.15, 0.2) is 24.3 Å². The van der Waals surface area contributed by atoms with Crippen molar-refractivity contribution < 1.29 is 9.59 Å². The largest absolute Gasteiger partial charge is 0.354 e. The zero-order valence-electron chi connectivity index (χ0n) is 13.6. The van der Waals surface area contributed by atoms with Crippen molar-refractivity contribution >= 4 is 23.6 Å². The lowest BCUT2D eigenvalue weighted by Gasteiger charge is -2.29. The fourth-order valence-electron chi connectivity index (χ4n) is 2.42. The van der Waals surface area contributed by atoms with Crippen LogP contribution in [0.4, 0.5) is 0 Å². The Bertz CT molecular complexity index is 542. The number of carbonyl (C=O) groups excluding carboxylic acids is 2. The third-order valence-electron chi connectivity index (χ3n) is 3.75. The maximum absolute atomic E-state index is 12.3. The first kappa shape index (κ1) is 16.9. The van der Waals surface area contributed by atoms with Crippen molar-refractivity contribution in [3.05, 3.63) is 35.4 Å².